The van der Waals surface area contributed by atoms with Crippen LogP contribution in [0.3, 0.4) is 0 Å². The average Bonchev–Trinajstić information content (AvgIpc) is 1.87. The van der Waals surface area contributed by atoms with Crippen LogP contribution in [0.15, 0.2) is 23.4 Å². The van der Waals surface area contributed by atoms with Crippen LogP contribution in [0.4, 0.5) is 0 Å². The number of nitrogens with two attached hydrogens (primary N) is 1. The molecule has 0 atom stereocenters. The van der Waals surface area contributed by atoms with Gasteiger partial charge in [0.1, 0.15) is 0 Å². The fraction of sp³-hybridized carbons (Fsp3) is 0.600. The number of allylic oxidation sites excluding steroid dienone is 3. The summed E-state index contributed by atoms with van der Waals surface area (Å²) in [6, 6.07) is 0. The van der Waals surface area contributed by atoms with E-state index in [1.165, 1.54) is 17.6 Å². The van der Waals surface area contributed by atoms with Crippen LogP contribution >= 0.6 is 0 Å². The van der Waals surface area contributed by atoms with Gasteiger partial charge in [0, 0.05) is 5.70 Å². The molecule has 0 fully saturated rings. The molecule has 0 spiro atoms. The number of hydrogen-bond donors (Lipinski definition) is 1. The smallest absolute Gasteiger partial charge is 0.00412 e. The molecule has 0 aromatic heterocycles. The molecule has 0 heterocycles. The van der Waals surface area contributed by atoms with Gasteiger partial charge in [-0.1, -0.05) is 31.1 Å². The molecule has 0 aliphatic rings. The SMILES string of the molecule is C=C(CCC)C/C(C)=C(\C)N. The molecule has 1 nitrogen and oxygen atoms in total. The van der Waals surface area contributed by atoms with Crippen molar-refractivity contribution in [1.29, 1.82) is 0 Å². The molecule has 64 valence electrons. The molecule has 0 unspecified atom stereocenters. The van der Waals surface area contributed by atoms with Gasteiger partial charge in [0.25, 0.3) is 0 Å². The summed E-state index contributed by atoms with van der Waals surface area (Å²) in [5.41, 5.74) is 9.09. The summed E-state index contributed by atoms with van der Waals surface area (Å²) in [4.78, 5) is 0. The van der Waals surface area contributed by atoms with Crippen molar-refractivity contribution in [3.05, 3.63) is 23.4 Å². The van der Waals surface area contributed by atoms with Crippen LogP contribution < -0.4 is 5.73 Å². The molecule has 0 saturated carbocycles. The molecule has 11 heavy (non-hydrogen) atoms. The van der Waals surface area contributed by atoms with Gasteiger partial charge in [-0.3, -0.25) is 0 Å². The number of rotatable bonds is 4. The zero-order valence-electron chi connectivity index (χ0n) is 7.91. The molecule has 0 bridgehead atoms. The Morgan fingerprint density at radius 2 is 1.91 bits per heavy atom. The minimum atomic E-state index is 0.933. The normalized spacial score (nSPS) is 12.6. The van der Waals surface area contributed by atoms with E-state index in [0.29, 0.717) is 0 Å². The Hall–Kier alpha value is -0.720. The van der Waals surface area contributed by atoms with Crippen LogP contribution in [0.2, 0.25) is 0 Å². The van der Waals surface area contributed by atoms with E-state index in [1.54, 1.807) is 0 Å². The van der Waals surface area contributed by atoms with E-state index in [4.69, 9.17) is 5.73 Å². The zero-order valence-corrected chi connectivity index (χ0v) is 7.91. The van der Waals surface area contributed by atoms with Crippen LogP contribution in [0.5, 0.6) is 0 Å². The molecule has 1 heteroatoms. The summed E-state index contributed by atoms with van der Waals surface area (Å²) in [5.74, 6) is 0. The molecule has 0 radical (unpaired) electrons. The second-order valence-electron chi connectivity index (χ2n) is 3.14. The minimum absolute atomic E-state index is 0.933. The molecule has 0 rings (SSSR count). The molecule has 0 aliphatic carbocycles. The first kappa shape index (κ1) is 10.3. The van der Waals surface area contributed by atoms with Gasteiger partial charge >= 0.3 is 0 Å². The van der Waals surface area contributed by atoms with E-state index in [1.807, 2.05) is 6.92 Å². The van der Waals surface area contributed by atoms with Gasteiger partial charge in [0.2, 0.25) is 0 Å². The van der Waals surface area contributed by atoms with Gasteiger partial charge in [-0.15, -0.1) is 0 Å². The van der Waals surface area contributed by atoms with Crippen molar-refractivity contribution in [2.75, 3.05) is 0 Å². The largest absolute Gasteiger partial charge is 0.402 e. The molecule has 0 aromatic carbocycles. The van der Waals surface area contributed by atoms with Gasteiger partial charge in [-0.2, -0.15) is 0 Å². The van der Waals surface area contributed by atoms with E-state index < -0.39 is 0 Å². The molecule has 0 aromatic rings. The lowest BCUT2D eigenvalue weighted by molar-refractivity contribution is 0.865. The summed E-state index contributed by atoms with van der Waals surface area (Å²) in [7, 11) is 0. The van der Waals surface area contributed by atoms with E-state index in [-0.39, 0.29) is 0 Å². The van der Waals surface area contributed by atoms with Crippen molar-refractivity contribution < 1.29 is 0 Å². The lowest BCUT2D eigenvalue weighted by Crippen LogP contribution is -1.96. The molecule has 2 N–H and O–H groups in total. The average molecular weight is 153 g/mol. The lowest BCUT2D eigenvalue weighted by Gasteiger charge is -2.05. The summed E-state index contributed by atoms with van der Waals surface area (Å²) < 4.78 is 0. The third kappa shape index (κ3) is 4.65. The topological polar surface area (TPSA) is 26.0 Å². The zero-order chi connectivity index (χ0) is 8.85. The Bertz CT molecular complexity index is 162. The first-order valence-electron chi connectivity index (χ1n) is 4.16. The second-order valence-corrected chi connectivity index (χ2v) is 3.14. The fourth-order valence-corrected chi connectivity index (χ4v) is 0.956. The van der Waals surface area contributed by atoms with Crippen LogP contribution in [0.25, 0.3) is 0 Å². The highest BCUT2D eigenvalue weighted by atomic mass is 14.6. The maximum atomic E-state index is 5.62. The Labute approximate surface area is 70.0 Å². The third-order valence-corrected chi connectivity index (χ3v) is 1.79. The van der Waals surface area contributed by atoms with E-state index in [9.17, 15) is 0 Å². The van der Waals surface area contributed by atoms with Crippen LogP contribution in [0.1, 0.15) is 40.0 Å². The summed E-state index contributed by atoms with van der Waals surface area (Å²) in [6.45, 7) is 10.1. The molecule has 0 amide bonds. The molecular formula is C10H19N. The highest BCUT2D eigenvalue weighted by Gasteiger charge is 1.96. The Balaban J connectivity index is 3.86. The van der Waals surface area contributed by atoms with E-state index in [2.05, 4.69) is 20.4 Å². The minimum Gasteiger partial charge on any atom is -0.402 e. The summed E-state index contributed by atoms with van der Waals surface area (Å²) in [5, 5.41) is 0. The second kappa shape index (κ2) is 5.00. The Morgan fingerprint density at radius 1 is 1.36 bits per heavy atom. The first-order valence-corrected chi connectivity index (χ1v) is 4.16. The fourth-order valence-electron chi connectivity index (χ4n) is 0.956. The lowest BCUT2D eigenvalue weighted by atomic mass is 10.0. The standard InChI is InChI=1S/C10H19N/c1-5-6-8(2)7-9(3)10(4)11/h2,5-7,11H2,1,3-4H3/b10-9+. The van der Waals surface area contributed by atoms with Crippen LogP contribution in [0, 0.1) is 0 Å². The monoisotopic (exact) mass is 153 g/mol. The van der Waals surface area contributed by atoms with Crippen molar-refractivity contribution in [2.45, 2.75) is 40.0 Å². The Morgan fingerprint density at radius 3 is 2.27 bits per heavy atom. The van der Waals surface area contributed by atoms with E-state index >= 15 is 0 Å². The van der Waals surface area contributed by atoms with Crippen molar-refractivity contribution in [3.8, 4) is 0 Å². The summed E-state index contributed by atoms with van der Waals surface area (Å²) in [6.07, 6.45) is 3.26. The van der Waals surface area contributed by atoms with Gasteiger partial charge < -0.3 is 5.73 Å². The van der Waals surface area contributed by atoms with Crippen LogP contribution in [-0.2, 0) is 0 Å². The molecular weight excluding hydrogens is 134 g/mol. The van der Waals surface area contributed by atoms with E-state index in [0.717, 1.165) is 18.5 Å². The quantitative estimate of drug-likeness (QED) is 0.617. The predicted molar refractivity (Wildman–Crippen MR) is 51.2 cm³/mol. The van der Waals surface area contributed by atoms with Gasteiger partial charge in [-0.05, 0) is 26.7 Å². The van der Waals surface area contributed by atoms with Gasteiger partial charge in [0.05, 0.1) is 0 Å². The van der Waals surface area contributed by atoms with Crippen molar-refractivity contribution in [2.24, 2.45) is 5.73 Å². The van der Waals surface area contributed by atoms with Crippen molar-refractivity contribution in [3.63, 3.8) is 0 Å². The predicted octanol–water partition coefficient (Wildman–Crippen LogP) is 2.99. The maximum Gasteiger partial charge on any atom is 0.00412 e. The van der Waals surface area contributed by atoms with Crippen molar-refractivity contribution in [1.82, 2.24) is 0 Å². The van der Waals surface area contributed by atoms with Crippen molar-refractivity contribution >= 4 is 0 Å². The maximum absolute atomic E-state index is 5.62. The highest BCUT2D eigenvalue weighted by molar-refractivity contribution is 5.14. The van der Waals surface area contributed by atoms with Gasteiger partial charge in [0.15, 0.2) is 0 Å². The highest BCUT2D eigenvalue weighted by Crippen LogP contribution is 2.14. The Kier molecular flexibility index (Phi) is 4.67. The third-order valence-electron chi connectivity index (χ3n) is 1.79. The summed E-state index contributed by atoms with van der Waals surface area (Å²) >= 11 is 0. The molecule has 0 aliphatic heterocycles. The first-order chi connectivity index (χ1) is 5.07. The number of hydrogen-bond acceptors (Lipinski definition) is 1. The van der Waals surface area contributed by atoms with Gasteiger partial charge in [-0.25, -0.2) is 0 Å². The van der Waals surface area contributed by atoms with Crippen LogP contribution in [-0.4, -0.2) is 0 Å². The molecule has 0 saturated heterocycles.